The van der Waals surface area contributed by atoms with E-state index < -0.39 is 65.2 Å². The SMILES string of the molecule is C=C/C=C(\C)[C@@H](C[C@@H]1O[C@@]1(C)C(=O)N(C)[C@H](C(=O)N[C@H](Cc1ccc(O)cc1)C(=O)NC(C(=O)O[C@H](c1ccccc1)[C@H](C)C=C)C(C)(C)O)[C@@H](C)CC)OC. The maximum Gasteiger partial charge on any atom is 0.332 e. The average Bonchev–Trinajstić information content (AvgIpc) is 3.84. The van der Waals surface area contributed by atoms with E-state index in [1.54, 1.807) is 45.4 Å². The van der Waals surface area contributed by atoms with Crippen molar-refractivity contribution in [3.63, 3.8) is 0 Å². The molecular weight excluding hydrogens is 714 g/mol. The van der Waals surface area contributed by atoms with Crippen molar-refractivity contribution in [2.45, 2.75) is 115 Å². The minimum absolute atomic E-state index is 0.0140. The Labute approximate surface area is 332 Å². The Morgan fingerprint density at radius 1 is 1.04 bits per heavy atom. The summed E-state index contributed by atoms with van der Waals surface area (Å²) in [4.78, 5) is 57.8. The molecule has 0 aromatic heterocycles. The minimum atomic E-state index is -1.79. The van der Waals surface area contributed by atoms with Gasteiger partial charge in [0.1, 0.15) is 23.9 Å². The molecule has 2 aromatic rings. The van der Waals surface area contributed by atoms with Crippen molar-refractivity contribution >= 4 is 23.7 Å². The van der Waals surface area contributed by atoms with Gasteiger partial charge in [0, 0.05) is 32.9 Å². The van der Waals surface area contributed by atoms with Crippen molar-refractivity contribution in [2.75, 3.05) is 14.2 Å². The molecule has 1 fully saturated rings. The highest BCUT2D eigenvalue weighted by molar-refractivity contribution is 5.96. The van der Waals surface area contributed by atoms with Gasteiger partial charge in [-0.3, -0.25) is 14.4 Å². The monoisotopic (exact) mass is 775 g/mol. The summed E-state index contributed by atoms with van der Waals surface area (Å²) >= 11 is 0. The van der Waals surface area contributed by atoms with Gasteiger partial charge >= 0.3 is 5.97 Å². The number of allylic oxidation sites excluding steroid dienone is 2. The minimum Gasteiger partial charge on any atom is -0.508 e. The molecule has 1 aliphatic rings. The average molecular weight is 776 g/mol. The normalized spacial score (nSPS) is 20.5. The number of esters is 1. The van der Waals surface area contributed by atoms with Crippen LogP contribution >= 0.6 is 0 Å². The number of nitrogens with one attached hydrogen (secondary N) is 2. The number of aliphatic hydroxyl groups is 1. The quantitative estimate of drug-likeness (QED) is 0.0566. The maximum atomic E-state index is 14.3. The number of methoxy groups -OCH3 is 1. The summed E-state index contributed by atoms with van der Waals surface area (Å²) in [5.41, 5.74) is -0.762. The van der Waals surface area contributed by atoms with Gasteiger partial charge in [-0.25, -0.2) is 4.79 Å². The van der Waals surface area contributed by atoms with Crippen LogP contribution in [0.5, 0.6) is 5.75 Å². The lowest BCUT2D eigenvalue weighted by Gasteiger charge is -2.35. The number of carbonyl (C=O) groups is 4. The first-order valence-corrected chi connectivity index (χ1v) is 19.1. The molecule has 0 bridgehead atoms. The number of benzene rings is 2. The van der Waals surface area contributed by atoms with Gasteiger partial charge in [0.25, 0.3) is 5.91 Å². The zero-order chi connectivity index (χ0) is 42.0. The summed E-state index contributed by atoms with van der Waals surface area (Å²) in [5, 5.41) is 26.6. The van der Waals surface area contributed by atoms with Gasteiger partial charge in [0.2, 0.25) is 11.8 Å². The highest BCUT2D eigenvalue weighted by Crippen LogP contribution is 2.42. The number of phenolic OH excluding ortho intramolecular Hbond substituents is 1. The summed E-state index contributed by atoms with van der Waals surface area (Å²) < 4.78 is 17.5. The largest absolute Gasteiger partial charge is 0.508 e. The van der Waals surface area contributed by atoms with Gasteiger partial charge in [-0.2, -0.15) is 0 Å². The van der Waals surface area contributed by atoms with Crippen molar-refractivity contribution in [2.24, 2.45) is 11.8 Å². The lowest BCUT2D eigenvalue weighted by Crippen LogP contribution is -2.61. The molecule has 0 spiro atoms. The van der Waals surface area contributed by atoms with Crippen LogP contribution in [0.15, 0.2) is 91.6 Å². The summed E-state index contributed by atoms with van der Waals surface area (Å²) in [6.45, 7) is 19.5. The van der Waals surface area contributed by atoms with Crippen LogP contribution in [0, 0.1) is 11.8 Å². The lowest BCUT2D eigenvalue weighted by atomic mass is 9.93. The number of nitrogens with zero attached hydrogens (tertiary/aromatic N) is 1. The van der Waals surface area contributed by atoms with Crippen LogP contribution in [0.2, 0.25) is 0 Å². The van der Waals surface area contributed by atoms with E-state index in [2.05, 4.69) is 23.8 Å². The number of hydrogen-bond acceptors (Lipinski definition) is 9. The van der Waals surface area contributed by atoms with Crippen LogP contribution in [0.1, 0.15) is 78.5 Å². The molecule has 3 amide bonds. The molecule has 1 unspecified atom stereocenters. The number of aromatic hydroxyl groups is 1. The molecule has 3 rings (SSSR count). The second-order valence-corrected chi connectivity index (χ2v) is 15.5. The lowest BCUT2D eigenvalue weighted by molar-refractivity contribution is -0.162. The third-order valence-electron chi connectivity index (χ3n) is 10.6. The van der Waals surface area contributed by atoms with Crippen molar-refractivity contribution in [3.05, 3.63) is 103 Å². The van der Waals surface area contributed by atoms with E-state index in [1.807, 2.05) is 64.1 Å². The second kappa shape index (κ2) is 19.9. The van der Waals surface area contributed by atoms with Crippen LogP contribution < -0.4 is 10.6 Å². The van der Waals surface area contributed by atoms with Gasteiger partial charge in [-0.15, -0.1) is 6.58 Å². The Hall–Kier alpha value is -4.78. The van der Waals surface area contributed by atoms with E-state index in [9.17, 15) is 29.4 Å². The summed E-state index contributed by atoms with van der Waals surface area (Å²) in [6, 6.07) is 11.4. The number of likely N-dealkylation sites (N-methyl/N-ethyl adjacent to an activating group) is 1. The van der Waals surface area contributed by atoms with E-state index in [-0.39, 0.29) is 30.1 Å². The smallest absolute Gasteiger partial charge is 0.332 e. The van der Waals surface area contributed by atoms with Gasteiger partial charge in [-0.1, -0.05) is 94.5 Å². The van der Waals surface area contributed by atoms with Crippen molar-refractivity contribution < 1.29 is 43.6 Å². The number of ether oxygens (including phenoxy) is 3. The Kier molecular flexibility index (Phi) is 16.2. The number of rotatable bonds is 21. The third kappa shape index (κ3) is 11.6. The van der Waals surface area contributed by atoms with Crippen LogP contribution in [0.3, 0.4) is 0 Å². The predicted octanol–water partition coefficient (Wildman–Crippen LogP) is 5.35. The number of epoxide rings is 1. The molecule has 12 nitrogen and oxygen atoms in total. The summed E-state index contributed by atoms with van der Waals surface area (Å²) in [5.74, 6) is -3.28. The first-order chi connectivity index (χ1) is 26.3. The molecule has 306 valence electrons. The standard InChI is InChI=1S/C44H61N3O9/c1-12-18-29(6)34(54-11)26-35-44(9,56-35)42(52)47(10)36(27(4)13-2)40(50)45-33(25-30-21-23-32(48)24-22-30)39(49)46-38(43(7,8)53)41(51)55-37(28(5)14-3)31-19-16-15-17-20-31/h12,14-24,27-28,33-38,48,53H,1,3,13,25-26H2,2,4-11H3,(H,45,50)(H,46,49)/b29-18+/t27-,28+,33+,34+,35-,36-,37-,38?,44+/m0/s1. The summed E-state index contributed by atoms with van der Waals surface area (Å²) in [7, 11) is 3.13. The molecular formula is C44H61N3O9. The number of carbonyl (C=O) groups excluding carboxylic acids is 4. The van der Waals surface area contributed by atoms with Crippen LogP contribution in [-0.4, -0.2) is 94.5 Å². The van der Waals surface area contributed by atoms with Crippen LogP contribution in [0.4, 0.5) is 0 Å². The number of phenols is 1. The van der Waals surface area contributed by atoms with E-state index >= 15 is 0 Å². The zero-order valence-electron chi connectivity index (χ0n) is 34.3. The van der Waals surface area contributed by atoms with Crippen LogP contribution in [0.25, 0.3) is 0 Å². The van der Waals surface area contributed by atoms with Crippen molar-refractivity contribution in [3.8, 4) is 5.75 Å². The Bertz CT molecular complexity index is 1700. The molecule has 12 heteroatoms. The fourth-order valence-corrected chi connectivity index (χ4v) is 6.73. The van der Waals surface area contributed by atoms with E-state index in [4.69, 9.17) is 14.2 Å². The molecule has 4 N–H and O–H groups in total. The molecule has 1 saturated heterocycles. The van der Waals surface area contributed by atoms with E-state index in [1.165, 1.54) is 30.9 Å². The third-order valence-corrected chi connectivity index (χ3v) is 10.6. The van der Waals surface area contributed by atoms with Gasteiger partial charge in [0.05, 0.1) is 17.8 Å². The summed E-state index contributed by atoms with van der Waals surface area (Å²) in [6.07, 6.45) is 4.54. The molecule has 0 radical (unpaired) electrons. The Morgan fingerprint density at radius 3 is 2.20 bits per heavy atom. The second-order valence-electron chi connectivity index (χ2n) is 15.5. The topological polar surface area (TPSA) is 167 Å². The maximum absolute atomic E-state index is 14.3. The predicted molar refractivity (Wildman–Crippen MR) is 215 cm³/mol. The molecule has 0 saturated carbocycles. The highest BCUT2D eigenvalue weighted by atomic mass is 16.6. The molecule has 0 aliphatic carbocycles. The van der Waals surface area contributed by atoms with Crippen molar-refractivity contribution in [1.82, 2.24) is 15.5 Å². The zero-order valence-corrected chi connectivity index (χ0v) is 34.3. The van der Waals surface area contributed by atoms with E-state index in [0.717, 1.165) is 5.57 Å². The first kappa shape index (κ1) is 45.6. The molecule has 9 atom stereocenters. The van der Waals surface area contributed by atoms with Gasteiger partial charge < -0.3 is 40.0 Å². The van der Waals surface area contributed by atoms with Gasteiger partial charge in [-0.05, 0) is 62.4 Å². The fourth-order valence-electron chi connectivity index (χ4n) is 6.73. The Morgan fingerprint density at radius 2 is 1.66 bits per heavy atom. The highest BCUT2D eigenvalue weighted by Gasteiger charge is 2.61. The van der Waals surface area contributed by atoms with E-state index in [0.29, 0.717) is 24.0 Å². The molecule has 2 aromatic carbocycles. The molecule has 1 aliphatic heterocycles. The Balaban J connectivity index is 1.91. The van der Waals surface area contributed by atoms with Crippen molar-refractivity contribution in [1.29, 1.82) is 0 Å². The number of amides is 3. The number of hydrogen-bond donors (Lipinski definition) is 4. The van der Waals surface area contributed by atoms with Crippen LogP contribution in [-0.2, 0) is 39.8 Å². The molecule has 1 heterocycles. The first-order valence-electron chi connectivity index (χ1n) is 19.1. The van der Waals surface area contributed by atoms with Gasteiger partial charge in [0.15, 0.2) is 11.6 Å². The fraction of sp³-hybridized carbons (Fsp3) is 0.500. The molecule has 56 heavy (non-hydrogen) atoms.